The van der Waals surface area contributed by atoms with Crippen LogP contribution in [0.4, 0.5) is 5.95 Å². The van der Waals surface area contributed by atoms with Gasteiger partial charge in [0.1, 0.15) is 5.65 Å². The van der Waals surface area contributed by atoms with E-state index in [-0.39, 0.29) is 6.10 Å². The summed E-state index contributed by atoms with van der Waals surface area (Å²) in [4.78, 5) is 14.8. The Labute approximate surface area is 220 Å². The average molecular weight is 503 g/mol. The van der Waals surface area contributed by atoms with Gasteiger partial charge in [-0.3, -0.25) is 4.90 Å². The zero-order valence-corrected chi connectivity index (χ0v) is 22.4. The summed E-state index contributed by atoms with van der Waals surface area (Å²) in [6.07, 6.45) is 11.8. The van der Waals surface area contributed by atoms with Crippen LogP contribution in [0.5, 0.6) is 0 Å². The number of hydrogen-bond donors (Lipinski definition) is 2. The third-order valence-corrected chi connectivity index (χ3v) is 9.11. The summed E-state index contributed by atoms with van der Waals surface area (Å²) in [5, 5.41) is 14.8. The first kappa shape index (κ1) is 24.8. The van der Waals surface area contributed by atoms with Gasteiger partial charge in [0, 0.05) is 68.2 Å². The zero-order valence-electron chi connectivity index (χ0n) is 22.4. The summed E-state index contributed by atoms with van der Waals surface area (Å²) in [5.41, 5.74) is 4.79. The number of nitrogens with zero attached hydrogens (tertiary/aromatic N) is 5. The predicted molar refractivity (Wildman–Crippen MR) is 150 cm³/mol. The van der Waals surface area contributed by atoms with Crippen molar-refractivity contribution in [3.8, 4) is 11.1 Å². The molecule has 2 aliphatic carbocycles. The van der Waals surface area contributed by atoms with Gasteiger partial charge in [-0.15, -0.1) is 0 Å². The number of nitrogens with one attached hydrogen (secondary N) is 1. The van der Waals surface area contributed by atoms with Gasteiger partial charge in [-0.25, -0.2) is 4.98 Å². The Balaban J connectivity index is 1.28. The van der Waals surface area contributed by atoms with Crippen molar-refractivity contribution in [3.63, 3.8) is 0 Å². The maximum absolute atomic E-state index is 10.1. The SMILES string of the molecule is CC(Nc1ncc2c(-c3ccc(CN4CCN(C)CC4)cc3)cn(C3CCC(O)CC3)c2n1)C1CCC1. The molecule has 1 unspecified atom stereocenters. The number of aliphatic hydroxyl groups excluding tert-OH is 1. The third-order valence-electron chi connectivity index (χ3n) is 9.11. The lowest BCUT2D eigenvalue weighted by Crippen LogP contribution is -2.43. The first-order chi connectivity index (χ1) is 18.0. The Hall–Kier alpha value is -2.48. The van der Waals surface area contributed by atoms with Crippen molar-refractivity contribution < 1.29 is 5.11 Å². The minimum atomic E-state index is -0.166. The minimum absolute atomic E-state index is 0.166. The van der Waals surface area contributed by atoms with E-state index in [1.54, 1.807) is 0 Å². The van der Waals surface area contributed by atoms with Crippen molar-refractivity contribution >= 4 is 17.0 Å². The van der Waals surface area contributed by atoms with Gasteiger partial charge in [-0.05, 0) is 69.5 Å². The smallest absolute Gasteiger partial charge is 0.224 e. The lowest BCUT2D eigenvalue weighted by molar-refractivity contribution is 0.111. The molecule has 2 N–H and O–H groups in total. The standard InChI is InChI=1S/C30H42N6O/c1-21(23-4-3-5-23)32-30-31-18-27-28(20-36(29(27)33-30)25-10-12-26(37)13-11-25)24-8-6-22(7-9-24)19-35-16-14-34(2)15-17-35/h6-9,18,20-21,23,25-26,37H,3-5,10-17,19H2,1-2H3,(H,31,32,33). The van der Waals surface area contributed by atoms with E-state index >= 15 is 0 Å². The van der Waals surface area contributed by atoms with Gasteiger partial charge < -0.3 is 19.9 Å². The Morgan fingerprint density at radius 3 is 2.41 bits per heavy atom. The molecule has 7 nitrogen and oxygen atoms in total. The summed E-state index contributed by atoms with van der Waals surface area (Å²) in [6, 6.07) is 9.85. The molecule has 7 heteroatoms. The molecule has 37 heavy (non-hydrogen) atoms. The number of likely N-dealkylation sites (N-methyl/N-ethyl adjacent to an activating group) is 1. The molecule has 3 aromatic rings. The molecule has 2 aromatic heterocycles. The fraction of sp³-hybridized carbons (Fsp3) is 0.600. The summed E-state index contributed by atoms with van der Waals surface area (Å²) < 4.78 is 2.37. The van der Waals surface area contributed by atoms with Crippen molar-refractivity contribution in [2.45, 2.75) is 76.6 Å². The molecule has 198 valence electrons. The monoisotopic (exact) mass is 502 g/mol. The van der Waals surface area contributed by atoms with Crippen LogP contribution in [0.2, 0.25) is 0 Å². The van der Waals surface area contributed by atoms with E-state index in [9.17, 15) is 5.11 Å². The number of hydrogen-bond acceptors (Lipinski definition) is 6. The third kappa shape index (κ3) is 5.40. The summed E-state index contributed by atoms with van der Waals surface area (Å²) in [6.45, 7) is 7.83. The Bertz CT molecular complexity index is 1190. The van der Waals surface area contributed by atoms with Crippen LogP contribution in [0.1, 0.15) is 63.5 Å². The Morgan fingerprint density at radius 1 is 1.00 bits per heavy atom. The molecule has 0 spiro atoms. The molecule has 1 saturated heterocycles. The molecule has 3 heterocycles. The van der Waals surface area contributed by atoms with Gasteiger partial charge in [0.15, 0.2) is 0 Å². The summed E-state index contributed by atoms with van der Waals surface area (Å²) in [5.74, 6) is 1.46. The molecule has 1 aromatic carbocycles. The minimum Gasteiger partial charge on any atom is -0.393 e. The Morgan fingerprint density at radius 2 is 1.73 bits per heavy atom. The lowest BCUT2D eigenvalue weighted by Gasteiger charge is -2.32. The number of aromatic nitrogens is 3. The topological polar surface area (TPSA) is 69.5 Å². The summed E-state index contributed by atoms with van der Waals surface area (Å²) in [7, 11) is 2.20. The fourth-order valence-electron chi connectivity index (χ4n) is 6.26. The second-order valence-electron chi connectivity index (χ2n) is 11.7. The van der Waals surface area contributed by atoms with Gasteiger partial charge in [0.25, 0.3) is 0 Å². The van der Waals surface area contributed by atoms with Gasteiger partial charge in [0.2, 0.25) is 5.95 Å². The van der Waals surface area contributed by atoms with Gasteiger partial charge in [0.05, 0.1) is 6.10 Å². The fourth-order valence-corrected chi connectivity index (χ4v) is 6.26. The largest absolute Gasteiger partial charge is 0.393 e. The summed E-state index contributed by atoms with van der Waals surface area (Å²) >= 11 is 0. The normalized spacial score (nSPS) is 24.7. The molecule has 2 saturated carbocycles. The zero-order chi connectivity index (χ0) is 25.4. The van der Waals surface area contributed by atoms with E-state index in [0.717, 1.165) is 81.3 Å². The highest BCUT2D eigenvalue weighted by atomic mass is 16.3. The number of anilines is 1. The van der Waals surface area contributed by atoms with E-state index in [1.807, 2.05) is 6.20 Å². The average Bonchev–Trinajstić information content (AvgIpc) is 3.24. The molecule has 3 aliphatic rings. The van der Waals surface area contributed by atoms with E-state index in [1.165, 1.54) is 36.0 Å². The van der Waals surface area contributed by atoms with Crippen LogP contribution in [0.25, 0.3) is 22.2 Å². The first-order valence-electron chi connectivity index (χ1n) is 14.4. The van der Waals surface area contributed by atoms with E-state index in [4.69, 9.17) is 9.97 Å². The van der Waals surface area contributed by atoms with Crippen molar-refractivity contribution in [2.24, 2.45) is 5.92 Å². The molecule has 0 radical (unpaired) electrons. The molecule has 1 aliphatic heterocycles. The molecular weight excluding hydrogens is 460 g/mol. The quantitative estimate of drug-likeness (QED) is 0.478. The lowest BCUT2D eigenvalue weighted by atomic mass is 9.80. The molecule has 0 amide bonds. The van der Waals surface area contributed by atoms with Crippen LogP contribution in [0, 0.1) is 5.92 Å². The molecule has 1 atom stereocenters. The second-order valence-corrected chi connectivity index (χ2v) is 11.7. The number of benzene rings is 1. The van der Waals surface area contributed by atoms with Crippen LogP contribution >= 0.6 is 0 Å². The molecule has 0 bridgehead atoms. The van der Waals surface area contributed by atoms with Crippen molar-refractivity contribution in [1.82, 2.24) is 24.3 Å². The number of fused-ring (bicyclic) bond motifs is 1. The molecule has 3 fully saturated rings. The van der Waals surface area contributed by atoms with Crippen LogP contribution in [0.3, 0.4) is 0 Å². The van der Waals surface area contributed by atoms with Crippen molar-refractivity contribution in [2.75, 3.05) is 38.5 Å². The highest BCUT2D eigenvalue weighted by Crippen LogP contribution is 2.37. The van der Waals surface area contributed by atoms with Gasteiger partial charge >= 0.3 is 0 Å². The van der Waals surface area contributed by atoms with Crippen LogP contribution in [-0.2, 0) is 6.54 Å². The number of aliphatic hydroxyl groups is 1. The molecular formula is C30H42N6O. The van der Waals surface area contributed by atoms with E-state index < -0.39 is 0 Å². The van der Waals surface area contributed by atoms with Crippen LogP contribution in [-0.4, -0.2) is 74.8 Å². The van der Waals surface area contributed by atoms with E-state index in [2.05, 4.69) is 64.1 Å². The molecule has 6 rings (SSSR count). The van der Waals surface area contributed by atoms with Gasteiger partial charge in [-0.2, -0.15) is 4.98 Å². The first-order valence-corrected chi connectivity index (χ1v) is 14.4. The van der Waals surface area contributed by atoms with Gasteiger partial charge in [-0.1, -0.05) is 30.7 Å². The van der Waals surface area contributed by atoms with Crippen molar-refractivity contribution in [1.29, 1.82) is 0 Å². The van der Waals surface area contributed by atoms with E-state index in [0.29, 0.717) is 12.1 Å². The number of rotatable bonds is 7. The maximum atomic E-state index is 10.1. The van der Waals surface area contributed by atoms with Crippen LogP contribution in [0.15, 0.2) is 36.7 Å². The highest BCUT2D eigenvalue weighted by Gasteiger charge is 2.26. The van der Waals surface area contributed by atoms with Crippen LogP contribution < -0.4 is 5.32 Å². The number of piperazine rings is 1. The Kier molecular flexibility index (Phi) is 7.19. The second kappa shape index (κ2) is 10.7. The van der Waals surface area contributed by atoms with Crippen molar-refractivity contribution in [3.05, 3.63) is 42.2 Å². The predicted octanol–water partition coefficient (Wildman–Crippen LogP) is 4.92. The maximum Gasteiger partial charge on any atom is 0.224 e. The highest BCUT2D eigenvalue weighted by molar-refractivity contribution is 5.94.